The standard InChI is InChI=1S/C52H32N4/c1-3-15-33(16-4-1)34-27-29-35(30-28-34)50-41-23-11-13-25-43(41)53-52(54-50)56-46-32-31-45-47(42-24-12-14-26-44(42)55(45)36-17-5-2-6-18-36)49(46)48-39-21-9-7-19-37(39)38-20-8-10-22-40(38)51(48)56/h1-32H. The summed E-state index contributed by atoms with van der Waals surface area (Å²) in [5.74, 6) is 0.650. The van der Waals surface area contributed by atoms with Gasteiger partial charge < -0.3 is 4.57 Å². The van der Waals surface area contributed by atoms with Gasteiger partial charge in [0, 0.05) is 43.6 Å². The lowest BCUT2D eigenvalue weighted by Gasteiger charge is -2.14. The van der Waals surface area contributed by atoms with Crippen LogP contribution >= 0.6 is 0 Å². The maximum absolute atomic E-state index is 5.54. The first-order valence-corrected chi connectivity index (χ1v) is 19.1. The lowest BCUT2D eigenvalue weighted by Crippen LogP contribution is -2.04. The minimum absolute atomic E-state index is 0.650. The SMILES string of the molecule is c1ccc(-c2ccc(-c3nc(-n4c5ccc6c(c7ccccc7n6-c6ccccc6)c5c5c6ccccc6c6ccccc6c54)nc4ccccc34)cc2)cc1. The summed E-state index contributed by atoms with van der Waals surface area (Å²) < 4.78 is 4.74. The molecule has 0 radical (unpaired) electrons. The van der Waals surface area contributed by atoms with Gasteiger partial charge in [0.1, 0.15) is 0 Å². The molecule has 0 bridgehead atoms. The van der Waals surface area contributed by atoms with E-state index in [-0.39, 0.29) is 0 Å². The van der Waals surface area contributed by atoms with Crippen molar-refractivity contribution in [1.29, 1.82) is 0 Å². The Morgan fingerprint density at radius 1 is 0.304 bits per heavy atom. The summed E-state index contributed by atoms with van der Waals surface area (Å²) >= 11 is 0. The normalized spacial score (nSPS) is 11.9. The van der Waals surface area contributed by atoms with Crippen molar-refractivity contribution in [3.05, 3.63) is 194 Å². The first kappa shape index (κ1) is 30.9. The molecule has 0 amide bonds. The predicted octanol–water partition coefficient (Wildman–Crippen LogP) is 13.5. The molecule has 0 aliphatic heterocycles. The van der Waals surface area contributed by atoms with E-state index in [1.807, 2.05) is 0 Å². The summed E-state index contributed by atoms with van der Waals surface area (Å²) in [6.45, 7) is 0. The molecule has 0 spiro atoms. The zero-order valence-corrected chi connectivity index (χ0v) is 30.3. The summed E-state index contributed by atoms with van der Waals surface area (Å²) in [5, 5.41) is 10.7. The summed E-state index contributed by atoms with van der Waals surface area (Å²) in [5.41, 5.74) is 10.9. The minimum Gasteiger partial charge on any atom is -0.309 e. The highest BCUT2D eigenvalue weighted by Gasteiger charge is 2.25. The zero-order valence-electron chi connectivity index (χ0n) is 30.3. The molecule has 0 fully saturated rings. The van der Waals surface area contributed by atoms with Crippen LogP contribution in [0.15, 0.2) is 194 Å². The van der Waals surface area contributed by atoms with Gasteiger partial charge in [-0.15, -0.1) is 0 Å². The number of aromatic nitrogens is 4. The molecule has 4 heteroatoms. The number of hydrogen-bond acceptors (Lipinski definition) is 2. The van der Waals surface area contributed by atoms with Crippen molar-refractivity contribution >= 4 is 76.1 Å². The molecule has 56 heavy (non-hydrogen) atoms. The fraction of sp³-hybridized carbons (Fsp3) is 0. The Balaban J connectivity index is 1.25. The Kier molecular flexibility index (Phi) is 6.60. The van der Waals surface area contributed by atoms with Gasteiger partial charge in [-0.05, 0) is 63.7 Å². The number of fused-ring (bicyclic) bond motifs is 13. The van der Waals surface area contributed by atoms with Crippen LogP contribution in [-0.4, -0.2) is 19.1 Å². The second-order valence-corrected chi connectivity index (χ2v) is 14.5. The maximum Gasteiger partial charge on any atom is 0.235 e. The summed E-state index contributed by atoms with van der Waals surface area (Å²) in [4.78, 5) is 10.9. The molecule has 0 aliphatic carbocycles. The third-order valence-corrected chi connectivity index (χ3v) is 11.5. The van der Waals surface area contributed by atoms with E-state index in [0.717, 1.165) is 38.9 Å². The quantitative estimate of drug-likeness (QED) is 0.170. The van der Waals surface area contributed by atoms with Crippen LogP contribution in [0.3, 0.4) is 0 Å². The van der Waals surface area contributed by atoms with Crippen molar-refractivity contribution in [2.75, 3.05) is 0 Å². The Morgan fingerprint density at radius 3 is 1.59 bits per heavy atom. The lowest BCUT2D eigenvalue weighted by atomic mass is 9.95. The van der Waals surface area contributed by atoms with Crippen LogP contribution < -0.4 is 0 Å². The first-order chi connectivity index (χ1) is 27.8. The lowest BCUT2D eigenvalue weighted by molar-refractivity contribution is 1.02. The molecule has 3 aromatic heterocycles. The zero-order chi connectivity index (χ0) is 36.7. The molecular weight excluding hydrogens is 681 g/mol. The van der Waals surface area contributed by atoms with E-state index in [9.17, 15) is 0 Å². The Morgan fingerprint density at radius 2 is 0.839 bits per heavy atom. The van der Waals surface area contributed by atoms with E-state index >= 15 is 0 Å². The Hall–Kier alpha value is -7.56. The van der Waals surface area contributed by atoms with E-state index in [1.54, 1.807) is 0 Å². The largest absolute Gasteiger partial charge is 0.309 e. The highest BCUT2D eigenvalue weighted by molar-refractivity contribution is 6.38. The van der Waals surface area contributed by atoms with E-state index in [4.69, 9.17) is 9.97 Å². The van der Waals surface area contributed by atoms with Gasteiger partial charge in [0.05, 0.1) is 33.3 Å². The van der Waals surface area contributed by atoms with Crippen LogP contribution in [0.1, 0.15) is 0 Å². The second kappa shape index (κ2) is 12.0. The molecule has 4 nitrogen and oxygen atoms in total. The van der Waals surface area contributed by atoms with Gasteiger partial charge in [-0.1, -0.05) is 158 Å². The molecule has 9 aromatic carbocycles. The monoisotopic (exact) mass is 712 g/mol. The molecule has 0 unspecified atom stereocenters. The highest BCUT2D eigenvalue weighted by Crippen LogP contribution is 2.47. The van der Waals surface area contributed by atoms with Crippen LogP contribution in [0.25, 0.3) is 110 Å². The smallest absolute Gasteiger partial charge is 0.235 e. The van der Waals surface area contributed by atoms with Gasteiger partial charge in [-0.25, -0.2) is 9.97 Å². The number of rotatable bonds is 4. The van der Waals surface area contributed by atoms with Gasteiger partial charge >= 0.3 is 0 Å². The summed E-state index contributed by atoms with van der Waals surface area (Å²) in [7, 11) is 0. The molecule has 0 N–H and O–H groups in total. The molecule has 0 saturated carbocycles. The van der Waals surface area contributed by atoms with E-state index in [0.29, 0.717) is 5.95 Å². The number of para-hydroxylation sites is 3. The molecule has 12 rings (SSSR count). The highest BCUT2D eigenvalue weighted by atomic mass is 15.2. The number of benzene rings is 9. The summed E-state index contributed by atoms with van der Waals surface area (Å²) in [6, 6.07) is 69.4. The Labute approximate surface area is 322 Å². The topological polar surface area (TPSA) is 35.6 Å². The number of hydrogen-bond donors (Lipinski definition) is 0. The Bertz CT molecular complexity index is 3510. The molecule has 3 heterocycles. The van der Waals surface area contributed by atoms with Crippen molar-refractivity contribution in [1.82, 2.24) is 19.1 Å². The minimum atomic E-state index is 0.650. The third-order valence-electron chi connectivity index (χ3n) is 11.5. The van der Waals surface area contributed by atoms with Crippen LogP contribution in [0.2, 0.25) is 0 Å². The number of nitrogens with zero attached hydrogens (tertiary/aromatic N) is 4. The third kappa shape index (κ3) is 4.41. The van der Waals surface area contributed by atoms with Gasteiger partial charge in [0.2, 0.25) is 5.95 Å². The summed E-state index contributed by atoms with van der Waals surface area (Å²) in [6.07, 6.45) is 0. The molecule has 260 valence electrons. The van der Waals surface area contributed by atoms with Gasteiger partial charge in [-0.2, -0.15) is 0 Å². The van der Waals surface area contributed by atoms with Crippen molar-refractivity contribution in [3.63, 3.8) is 0 Å². The van der Waals surface area contributed by atoms with Crippen LogP contribution in [0, 0.1) is 0 Å². The average molecular weight is 713 g/mol. The second-order valence-electron chi connectivity index (χ2n) is 14.5. The first-order valence-electron chi connectivity index (χ1n) is 19.1. The van der Waals surface area contributed by atoms with Crippen LogP contribution in [0.5, 0.6) is 0 Å². The molecule has 0 atom stereocenters. The van der Waals surface area contributed by atoms with Crippen LogP contribution in [-0.2, 0) is 0 Å². The molecule has 0 saturated heterocycles. The molecule has 0 aliphatic rings. The fourth-order valence-electron chi connectivity index (χ4n) is 9.12. The van der Waals surface area contributed by atoms with Gasteiger partial charge in [-0.3, -0.25) is 4.57 Å². The van der Waals surface area contributed by atoms with E-state index in [2.05, 4.69) is 203 Å². The fourth-order valence-corrected chi connectivity index (χ4v) is 9.12. The maximum atomic E-state index is 5.54. The van der Waals surface area contributed by atoms with Crippen molar-refractivity contribution in [2.45, 2.75) is 0 Å². The van der Waals surface area contributed by atoms with Gasteiger partial charge in [0.15, 0.2) is 0 Å². The average Bonchev–Trinajstić information content (AvgIpc) is 3.80. The van der Waals surface area contributed by atoms with Crippen molar-refractivity contribution < 1.29 is 0 Å². The van der Waals surface area contributed by atoms with Crippen molar-refractivity contribution in [2.24, 2.45) is 0 Å². The van der Waals surface area contributed by atoms with E-state index in [1.165, 1.54) is 65.3 Å². The van der Waals surface area contributed by atoms with Crippen molar-refractivity contribution in [3.8, 4) is 34.0 Å². The predicted molar refractivity (Wildman–Crippen MR) is 234 cm³/mol. The van der Waals surface area contributed by atoms with E-state index < -0.39 is 0 Å². The molecular formula is C52H32N4. The van der Waals surface area contributed by atoms with Gasteiger partial charge in [0.25, 0.3) is 0 Å². The molecule has 12 aromatic rings. The van der Waals surface area contributed by atoms with Crippen LogP contribution in [0.4, 0.5) is 0 Å².